The molecule has 1 unspecified atom stereocenters. The highest BCUT2D eigenvalue weighted by molar-refractivity contribution is 5.50. The van der Waals surface area contributed by atoms with Crippen molar-refractivity contribution in [2.45, 2.75) is 46.2 Å². The first-order valence-corrected chi connectivity index (χ1v) is 5.63. The van der Waals surface area contributed by atoms with Crippen molar-refractivity contribution in [3.63, 3.8) is 0 Å². The van der Waals surface area contributed by atoms with Crippen LogP contribution < -0.4 is 4.90 Å². The largest absolute Gasteiger partial charge is 0.508 e. The zero-order valence-electron chi connectivity index (χ0n) is 10.1. The van der Waals surface area contributed by atoms with Crippen LogP contribution in [0, 0.1) is 0 Å². The van der Waals surface area contributed by atoms with Gasteiger partial charge in [0.1, 0.15) is 5.75 Å². The molecule has 0 heterocycles. The van der Waals surface area contributed by atoms with Crippen molar-refractivity contribution in [3.8, 4) is 5.75 Å². The molecule has 0 amide bonds. The van der Waals surface area contributed by atoms with Crippen molar-refractivity contribution in [2.24, 2.45) is 0 Å². The highest BCUT2D eigenvalue weighted by Crippen LogP contribution is 2.23. The topological polar surface area (TPSA) is 23.5 Å². The predicted octanol–water partition coefficient (Wildman–Crippen LogP) is 3.41. The lowest BCUT2D eigenvalue weighted by Crippen LogP contribution is -2.38. The van der Waals surface area contributed by atoms with Gasteiger partial charge in [0, 0.05) is 17.8 Å². The summed E-state index contributed by atoms with van der Waals surface area (Å²) in [6, 6.07) is 8.43. The van der Waals surface area contributed by atoms with Crippen LogP contribution in [-0.4, -0.2) is 17.2 Å². The number of rotatable bonds is 4. The van der Waals surface area contributed by atoms with E-state index in [-0.39, 0.29) is 0 Å². The smallest absolute Gasteiger partial charge is 0.115 e. The van der Waals surface area contributed by atoms with Gasteiger partial charge in [-0.3, -0.25) is 0 Å². The molecule has 2 nitrogen and oxygen atoms in total. The van der Waals surface area contributed by atoms with E-state index in [1.165, 1.54) is 5.69 Å². The van der Waals surface area contributed by atoms with Crippen molar-refractivity contribution in [1.29, 1.82) is 0 Å². The number of aromatic hydroxyl groups is 1. The molecule has 0 saturated heterocycles. The molecule has 1 atom stereocenters. The minimum Gasteiger partial charge on any atom is -0.508 e. The normalized spacial score (nSPS) is 12.9. The molecular weight excluding hydrogens is 186 g/mol. The average Bonchev–Trinajstić information content (AvgIpc) is 2.20. The van der Waals surface area contributed by atoms with Crippen LogP contribution in [0.15, 0.2) is 24.3 Å². The molecular formula is C13H21NO. The number of anilines is 1. The van der Waals surface area contributed by atoms with Crippen LogP contribution in [0.2, 0.25) is 0 Å². The first-order valence-electron chi connectivity index (χ1n) is 5.63. The summed E-state index contributed by atoms with van der Waals surface area (Å²) in [6.45, 7) is 8.81. The van der Waals surface area contributed by atoms with Crippen LogP contribution in [0.1, 0.15) is 34.1 Å². The fourth-order valence-corrected chi connectivity index (χ4v) is 1.88. The van der Waals surface area contributed by atoms with Gasteiger partial charge in [-0.25, -0.2) is 0 Å². The number of phenolic OH excluding ortho intramolecular Hbond substituents is 1. The van der Waals surface area contributed by atoms with Crippen molar-refractivity contribution in [1.82, 2.24) is 0 Å². The van der Waals surface area contributed by atoms with Crippen LogP contribution in [0.3, 0.4) is 0 Å². The van der Waals surface area contributed by atoms with Crippen LogP contribution in [0.4, 0.5) is 5.69 Å². The second-order valence-electron chi connectivity index (χ2n) is 4.27. The summed E-state index contributed by atoms with van der Waals surface area (Å²) < 4.78 is 0. The maximum Gasteiger partial charge on any atom is 0.115 e. The van der Waals surface area contributed by atoms with Crippen molar-refractivity contribution >= 4 is 5.69 Å². The van der Waals surface area contributed by atoms with E-state index in [1.54, 1.807) is 12.1 Å². The molecule has 15 heavy (non-hydrogen) atoms. The molecule has 1 N–H and O–H groups in total. The number of benzene rings is 1. The Morgan fingerprint density at radius 2 is 1.67 bits per heavy atom. The van der Waals surface area contributed by atoms with Gasteiger partial charge in [0.05, 0.1) is 0 Å². The van der Waals surface area contributed by atoms with Crippen LogP contribution in [0.25, 0.3) is 0 Å². The maximum atomic E-state index is 9.25. The van der Waals surface area contributed by atoms with Crippen LogP contribution in [-0.2, 0) is 0 Å². The van der Waals surface area contributed by atoms with Crippen LogP contribution in [0.5, 0.6) is 5.75 Å². The Kier molecular flexibility index (Phi) is 4.01. The van der Waals surface area contributed by atoms with E-state index < -0.39 is 0 Å². The second-order valence-corrected chi connectivity index (χ2v) is 4.27. The Bertz CT molecular complexity index is 292. The van der Waals surface area contributed by atoms with Gasteiger partial charge >= 0.3 is 0 Å². The Morgan fingerprint density at radius 3 is 2.07 bits per heavy atom. The number of nitrogens with zero attached hydrogens (tertiary/aromatic N) is 1. The number of hydrogen-bond donors (Lipinski definition) is 1. The molecule has 0 aromatic heterocycles. The Labute approximate surface area is 92.5 Å². The van der Waals surface area contributed by atoms with Crippen molar-refractivity contribution in [3.05, 3.63) is 24.3 Å². The van der Waals surface area contributed by atoms with E-state index in [1.807, 2.05) is 12.1 Å². The van der Waals surface area contributed by atoms with E-state index in [0.717, 1.165) is 6.42 Å². The first kappa shape index (κ1) is 11.9. The van der Waals surface area contributed by atoms with E-state index in [4.69, 9.17) is 0 Å². The molecule has 0 spiro atoms. The van der Waals surface area contributed by atoms with Gasteiger partial charge in [0.2, 0.25) is 0 Å². The molecule has 84 valence electrons. The monoisotopic (exact) mass is 207 g/mol. The molecule has 0 radical (unpaired) electrons. The van der Waals surface area contributed by atoms with Gasteiger partial charge in [-0.2, -0.15) is 0 Å². The van der Waals surface area contributed by atoms with Crippen LogP contribution >= 0.6 is 0 Å². The molecule has 0 fully saturated rings. The molecule has 1 aromatic carbocycles. The van der Waals surface area contributed by atoms with Gasteiger partial charge in [-0.1, -0.05) is 6.92 Å². The molecule has 0 bridgehead atoms. The summed E-state index contributed by atoms with van der Waals surface area (Å²) in [6.07, 6.45) is 1.12. The summed E-state index contributed by atoms with van der Waals surface area (Å²) >= 11 is 0. The van der Waals surface area contributed by atoms with Crippen molar-refractivity contribution in [2.75, 3.05) is 4.90 Å². The Balaban J connectivity index is 2.94. The highest BCUT2D eigenvalue weighted by Gasteiger charge is 2.15. The van der Waals surface area contributed by atoms with Gasteiger partial charge in [-0.05, 0) is 51.5 Å². The van der Waals surface area contributed by atoms with E-state index in [0.29, 0.717) is 17.8 Å². The summed E-state index contributed by atoms with van der Waals surface area (Å²) in [7, 11) is 0. The fourth-order valence-electron chi connectivity index (χ4n) is 1.88. The Hall–Kier alpha value is -1.18. The molecule has 2 heteroatoms. The molecule has 0 saturated carbocycles. The zero-order chi connectivity index (χ0) is 11.4. The summed E-state index contributed by atoms with van der Waals surface area (Å²) in [5.41, 5.74) is 1.18. The molecule has 1 aromatic rings. The van der Waals surface area contributed by atoms with E-state index in [9.17, 15) is 5.11 Å². The predicted molar refractivity (Wildman–Crippen MR) is 65.5 cm³/mol. The van der Waals surface area contributed by atoms with Gasteiger partial charge in [-0.15, -0.1) is 0 Å². The summed E-state index contributed by atoms with van der Waals surface area (Å²) in [5, 5.41) is 9.25. The lowest BCUT2D eigenvalue weighted by molar-refractivity contribution is 0.475. The lowest BCUT2D eigenvalue weighted by Gasteiger charge is -2.34. The average molecular weight is 207 g/mol. The third-order valence-corrected chi connectivity index (χ3v) is 2.77. The number of phenols is 1. The minimum absolute atomic E-state index is 0.326. The molecule has 1 rings (SSSR count). The molecule has 0 aliphatic heterocycles. The third kappa shape index (κ3) is 2.88. The summed E-state index contributed by atoms with van der Waals surface area (Å²) in [4.78, 5) is 2.37. The van der Waals surface area contributed by atoms with E-state index in [2.05, 4.69) is 32.6 Å². The summed E-state index contributed by atoms with van der Waals surface area (Å²) in [5.74, 6) is 0.326. The maximum absolute atomic E-state index is 9.25. The molecule has 0 aliphatic carbocycles. The quantitative estimate of drug-likeness (QED) is 0.818. The third-order valence-electron chi connectivity index (χ3n) is 2.77. The minimum atomic E-state index is 0.326. The van der Waals surface area contributed by atoms with Gasteiger partial charge in [0.25, 0.3) is 0 Å². The van der Waals surface area contributed by atoms with Crippen molar-refractivity contribution < 1.29 is 5.11 Å². The molecule has 0 aliphatic rings. The van der Waals surface area contributed by atoms with Gasteiger partial charge in [0.15, 0.2) is 0 Å². The van der Waals surface area contributed by atoms with E-state index >= 15 is 0 Å². The zero-order valence-corrected chi connectivity index (χ0v) is 10.1. The lowest BCUT2D eigenvalue weighted by atomic mass is 10.1. The second kappa shape index (κ2) is 5.06. The fraction of sp³-hybridized carbons (Fsp3) is 0.538. The standard InChI is InChI=1S/C13H21NO/c1-5-11(4)14(10(2)3)12-6-8-13(15)9-7-12/h6-11,15H,5H2,1-4H3. The number of hydrogen-bond acceptors (Lipinski definition) is 2. The first-order chi connectivity index (χ1) is 7.06. The Morgan fingerprint density at radius 1 is 1.13 bits per heavy atom. The SMILES string of the molecule is CCC(C)N(c1ccc(O)cc1)C(C)C. The highest BCUT2D eigenvalue weighted by atomic mass is 16.3. The van der Waals surface area contributed by atoms with Gasteiger partial charge < -0.3 is 10.0 Å².